The first-order chi connectivity index (χ1) is 15.4. The average molecular weight is 450 g/mol. The number of hydrogen-bond donors (Lipinski definition) is 2. The fourth-order valence-electron chi connectivity index (χ4n) is 6.97. The van der Waals surface area contributed by atoms with Crippen LogP contribution in [0.5, 0.6) is 5.75 Å². The van der Waals surface area contributed by atoms with Gasteiger partial charge < -0.3 is 10.4 Å². The monoisotopic (exact) mass is 449 g/mol. The van der Waals surface area contributed by atoms with E-state index in [1.54, 1.807) is 6.08 Å². The molecule has 2 aromatic rings. The highest BCUT2D eigenvalue weighted by atomic mass is 32.2. The highest BCUT2D eigenvalue weighted by molar-refractivity contribution is 8.27. The number of aromatic hydroxyl groups is 1. The first kappa shape index (κ1) is 20.0. The quantitative estimate of drug-likeness (QED) is 0.565. The second-order valence-electron chi connectivity index (χ2n) is 10.0. The maximum atomic E-state index is 14.9. The van der Waals surface area contributed by atoms with Crippen LogP contribution in [0.3, 0.4) is 0 Å². The maximum Gasteiger partial charge on any atom is 0.291 e. The van der Waals surface area contributed by atoms with E-state index in [1.165, 1.54) is 25.3 Å². The first-order valence-corrected chi connectivity index (χ1v) is 12.1. The van der Waals surface area contributed by atoms with Crippen LogP contribution >= 0.6 is 11.8 Å². The summed E-state index contributed by atoms with van der Waals surface area (Å²) in [5.41, 5.74) is 3.35. The van der Waals surface area contributed by atoms with Crippen molar-refractivity contribution in [1.29, 1.82) is 0 Å². The first-order valence-electron chi connectivity index (χ1n) is 11.3. The van der Waals surface area contributed by atoms with Crippen LogP contribution < -0.4 is 5.32 Å². The van der Waals surface area contributed by atoms with Gasteiger partial charge in [-0.3, -0.25) is 9.59 Å². The molecular weight excluding hydrogens is 425 g/mol. The maximum absolute atomic E-state index is 14.9. The molecule has 5 fully saturated rings. The van der Waals surface area contributed by atoms with Crippen molar-refractivity contribution in [3.63, 3.8) is 0 Å². The Bertz CT molecular complexity index is 1140. The lowest BCUT2D eigenvalue weighted by Gasteiger charge is -2.57. The van der Waals surface area contributed by atoms with Gasteiger partial charge in [-0.1, -0.05) is 24.3 Å². The zero-order valence-electron chi connectivity index (χ0n) is 17.6. The molecule has 6 heteroatoms. The number of carbonyl (C=O) groups excluding carboxylic acids is 2. The summed E-state index contributed by atoms with van der Waals surface area (Å²) in [4.78, 5) is 23.1. The highest BCUT2D eigenvalue weighted by Crippen LogP contribution is 2.62. The van der Waals surface area contributed by atoms with Crippen LogP contribution in [0.15, 0.2) is 42.1 Å². The number of rotatable bonds is 3. The fourth-order valence-corrected chi connectivity index (χ4v) is 7.52. The van der Waals surface area contributed by atoms with Crippen LogP contribution in [-0.4, -0.2) is 15.5 Å². The van der Waals surface area contributed by atoms with Gasteiger partial charge in [0.05, 0.1) is 5.70 Å². The Kier molecular flexibility index (Phi) is 4.51. The molecule has 4 bridgehead atoms. The lowest BCUT2D eigenvalue weighted by Crippen LogP contribution is -2.48. The van der Waals surface area contributed by atoms with E-state index in [1.807, 2.05) is 30.3 Å². The van der Waals surface area contributed by atoms with E-state index in [0.29, 0.717) is 29.5 Å². The molecule has 2 N–H and O–H groups in total. The molecule has 0 aromatic heterocycles. The van der Waals surface area contributed by atoms with Crippen molar-refractivity contribution in [3.05, 3.63) is 59.0 Å². The summed E-state index contributed by atoms with van der Waals surface area (Å²) < 4.78 is 14.9. The Morgan fingerprint density at radius 3 is 2.16 bits per heavy atom. The van der Waals surface area contributed by atoms with Gasteiger partial charge in [0.25, 0.3) is 5.24 Å². The van der Waals surface area contributed by atoms with Gasteiger partial charge in [0.15, 0.2) is 11.6 Å². The standard InChI is InChI=1S/C26H24FNO3S/c27-21-10-19(18-3-1-14(2-4-18)8-22-24(30)32-25(31)28-22)9-20(23(21)29)26-11-15-5-16(12-26)7-17(6-15)13-26/h1-4,8-10,15-17,29H,5-7,11-13H2,(H,28,31). The summed E-state index contributed by atoms with van der Waals surface area (Å²) in [6.45, 7) is 0. The molecule has 0 unspecified atom stereocenters. The van der Waals surface area contributed by atoms with Crippen LogP contribution in [0.25, 0.3) is 17.2 Å². The van der Waals surface area contributed by atoms with Crippen LogP contribution in [0.2, 0.25) is 0 Å². The number of benzene rings is 2. The molecule has 1 amide bonds. The molecule has 4 saturated carbocycles. The van der Waals surface area contributed by atoms with Gasteiger partial charge in [0, 0.05) is 17.3 Å². The van der Waals surface area contributed by atoms with Crippen molar-refractivity contribution in [3.8, 4) is 16.9 Å². The molecule has 4 aliphatic carbocycles. The van der Waals surface area contributed by atoms with Crippen LogP contribution in [0.4, 0.5) is 9.18 Å². The molecule has 0 spiro atoms. The summed E-state index contributed by atoms with van der Waals surface area (Å²) >= 11 is 0.653. The predicted molar refractivity (Wildman–Crippen MR) is 122 cm³/mol. The molecule has 0 radical (unpaired) electrons. The van der Waals surface area contributed by atoms with Gasteiger partial charge in [0.1, 0.15) is 0 Å². The molecule has 1 heterocycles. The van der Waals surface area contributed by atoms with E-state index < -0.39 is 5.82 Å². The second kappa shape index (κ2) is 7.20. The SMILES string of the molecule is O=C1NC(=Cc2ccc(-c3cc(F)c(O)c(C45CC6CC(CC(C6)C4)C5)c3)cc2)C(=O)S1. The van der Waals surface area contributed by atoms with Gasteiger partial charge in [-0.2, -0.15) is 0 Å². The number of carbonyl (C=O) groups is 2. The lowest BCUT2D eigenvalue weighted by molar-refractivity contribution is -0.107. The molecule has 4 nitrogen and oxygen atoms in total. The topological polar surface area (TPSA) is 66.4 Å². The minimum atomic E-state index is -0.560. The van der Waals surface area contributed by atoms with E-state index in [0.717, 1.165) is 41.5 Å². The van der Waals surface area contributed by atoms with E-state index in [4.69, 9.17) is 0 Å². The number of nitrogens with one attached hydrogen (secondary N) is 1. The number of halogens is 1. The van der Waals surface area contributed by atoms with E-state index in [2.05, 4.69) is 5.32 Å². The largest absolute Gasteiger partial charge is 0.505 e. The van der Waals surface area contributed by atoms with E-state index in [-0.39, 0.29) is 27.2 Å². The van der Waals surface area contributed by atoms with Gasteiger partial charge in [-0.15, -0.1) is 0 Å². The molecule has 1 aliphatic heterocycles. The average Bonchev–Trinajstić information content (AvgIpc) is 3.06. The third kappa shape index (κ3) is 3.27. The summed E-state index contributed by atoms with van der Waals surface area (Å²) in [6.07, 6.45) is 8.68. The Hall–Kier alpha value is -2.60. The molecular formula is C26H24FNO3S. The minimum absolute atomic E-state index is 0.0985. The minimum Gasteiger partial charge on any atom is -0.505 e. The van der Waals surface area contributed by atoms with Crippen molar-refractivity contribution in [1.82, 2.24) is 5.32 Å². The number of phenolic OH excluding ortho intramolecular Hbond substituents is 1. The summed E-state index contributed by atoms with van der Waals surface area (Å²) in [5, 5.41) is 12.6. The number of amides is 1. The molecule has 32 heavy (non-hydrogen) atoms. The van der Waals surface area contributed by atoms with Gasteiger partial charge in [0.2, 0.25) is 5.12 Å². The van der Waals surface area contributed by atoms with Gasteiger partial charge in [-0.05, 0) is 96.6 Å². The van der Waals surface area contributed by atoms with Gasteiger partial charge in [-0.25, -0.2) is 4.39 Å². The number of phenols is 1. The van der Waals surface area contributed by atoms with Crippen molar-refractivity contribution in [2.75, 3.05) is 0 Å². The van der Waals surface area contributed by atoms with Crippen molar-refractivity contribution >= 4 is 28.2 Å². The Morgan fingerprint density at radius 1 is 0.969 bits per heavy atom. The Balaban J connectivity index is 1.34. The lowest BCUT2D eigenvalue weighted by atomic mass is 9.48. The smallest absolute Gasteiger partial charge is 0.291 e. The van der Waals surface area contributed by atoms with Crippen molar-refractivity contribution in [2.45, 2.75) is 43.9 Å². The molecule has 164 valence electrons. The third-order valence-corrected chi connectivity index (χ3v) is 8.56. The van der Waals surface area contributed by atoms with Crippen LogP contribution in [0, 0.1) is 23.6 Å². The third-order valence-electron chi connectivity index (χ3n) is 7.87. The van der Waals surface area contributed by atoms with Crippen LogP contribution in [0.1, 0.15) is 49.7 Å². The highest BCUT2D eigenvalue weighted by Gasteiger charge is 2.52. The van der Waals surface area contributed by atoms with Crippen LogP contribution in [-0.2, 0) is 10.2 Å². The number of hydrogen-bond acceptors (Lipinski definition) is 4. The normalized spacial score (nSPS) is 32.0. The molecule has 7 rings (SSSR count). The fraction of sp³-hybridized carbons (Fsp3) is 0.385. The van der Waals surface area contributed by atoms with E-state index in [9.17, 15) is 19.1 Å². The zero-order chi connectivity index (χ0) is 22.0. The predicted octanol–water partition coefficient (Wildman–Crippen LogP) is 5.99. The Labute approximate surface area is 190 Å². The summed E-state index contributed by atoms with van der Waals surface area (Å²) in [6, 6.07) is 10.9. The summed E-state index contributed by atoms with van der Waals surface area (Å²) in [5.74, 6) is 1.38. The second-order valence-corrected chi connectivity index (χ2v) is 11.0. The van der Waals surface area contributed by atoms with Crippen molar-refractivity contribution < 1.29 is 19.1 Å². The van der Waals surface area contributed by atoms with Crippen molar-refractivity contribution in [2.24, 2.45) is 17.8 Å². The molecule has 0 atom stereocenters. The number of thioether (sulfide) groups is 1. The van der Waals surface area contributed by atoms with Gasteiger partial charge >= 0.3 is 0 Å². The molecule has 5 aliphatic rings. The Morgan fingerprint density at radius 2 is 1.59 bits per heavy atom. The van der Waals surface area contributed by atoms with E-state index >= 15 is 0 Å². The molecule has 1 saturated heterocycles. The molecule has 2 aromatic carbocycles. The zero-order valence-corrected chi connectivity index (χ0v) is 18.4. The summed E-state index contributed by atoms with van der Waals surface area (Å²) in [7, 11) is 0.